The molecule has 0 aliphatic carbocycles. The Hall–Kier alpha value is -4.26. The molecule has 1 heterocycles. The molecular weight excluding hydrogens is 418 g/mol. The number of nitrogens with one attached hydrogen (secondary N) is 2. The number of anilines is 1. The number of carbonyl (C=O) groups excluding carboxylic acids is 1. The Morgan fingerprint density at radius 1 is 0.788 bits per heavy atom. The van der Waals surface area contributed by atoms with Gasteiger partial charge in [-0.3, -0.25) is 4.98 Å². The SMILES string of the molecule is COc1ccc(CNC(=O)Nc2ccc3cc(-c4cc(OC)cc(OC)c4)cnc3c2)cc1. The van der Waals surface area contributed by atoms with E-state index in [1.807, 2.05) is 66.7 Å². The molecule has 4 aromatic rings. The largest absolute Gasteiger partial charge is 0.497 e. The lowest BCUT2D eigenvalue weighted by molar-refractivity contribution is 0.251. The van der Waals surface area contributed by atoms with Gasteiger partial charge in [0.1, 0.15) is 17.2 Å². The second kappa shape index (κ2) is 9.91. The molecule has 0 atom stereocenters. The van der Waals surface area contributed by atoms with Crippen LogP contribution in [0.2, 0.25) is 0 Å². The molecule has 4 rings (SSSR count). The van der Waals surface area contributed by atoms with Crippen LogP contribution in [0.15, 0.2) is 72.9 Å². The summed E-state index contributed by atoms with van der Waals surface area (Å²) in [5.74, 6) is 2.20. The highest BCUT2D eigenvalue weighted by Gasteiger charge is 2.08. The van der Waals surface area contributed by atoms with Crippen LogP contribution in [0.5, 0.6) is 17.2 Å². The Kier molecular flexibility index (Phi) is 6.59. The third kappa shape index (κ3) is 5.33. The molecule has 0 aliphatic heterocycles. The summed E-state index contributed by atoms with van der Waals surface area (Å²) >= 11 is 0. The lowest BCUT2D eigenvalue weighted by Gasteiger charge is -2.11. The fourth-order valence-corrected chi connectivity index (χ4v) is 3.43. The third-order valence-corrected chi connectivity index (χ3v) is 5.24. The maximum Gasteiger partial charge on any atom is 0.319 e. The minimum atomic E-state index is -0.287. The van der Waals surface area contributed by atoms with Crippen molar-refractivity contribution in [2.45, 2.75) is 6.54 Å². The average molecular weight is 444 g/mol. The zero-order chi connectivity index (χ0) is 23.2. The molecule has 7 nitrogen and oxygen atoms in total. The van der Waals surface area contributed by atoms with Crippen LogP contribution in [-0.4, -0.2) is 32.3 Å². The Balaban J connectivity index is 1.45. The highest BCUT2D eigenvalue weighted by Crippen LogP contribution is 2.31. The van der Waals surface area contributed by atoms with Crippen molar-refractivity contribution < 1.29 is 19.0 Å². The van der Waals surface area contributed by atoms with Gasteiger partial charge in [0.25, 0.3) is 0 Å². The number of nitrogens with zero attached hydrogens (tertiary/aromatic N) is 1. The van der Waals surface area contributed by atoms with Crippen LogP contribution in [-0.2, 0) is 6.54 Å². The van der Waals surface area contributed by atoms with Gasteiger partial charge in [-0.1, -0.05) is 18.2 Å². The number of ether oxygens (including phenoxy) is 3. The predicted molar refractivity (Wildman–Crippen MR) is 129 cm³/mol. The second-order valence-electron chi connectivity index (χ2n) is 7.39. The van der Waals surface area contributed by atoms with Crippen molar-refractivity contribution >= 4 is 22.6 Å². The monoisotopic (exact) mass is 443 g/mol. The number of methoxy groups -OCH3 is 3. The first-order valence-corrected chi connectivity index (χ1v) is 10.4. The molecule has 0 fully saturated rings. The fraction of sp³-hybridized carbons (Fsp3) is 0.154. The number of fused-ring (bicyclic) bond motifs is 1. The molecule has 7 heteroatoms. The van der Waals surface area contributed by atoms with Gasteiger partial charge in [-0.2, -0.15) is 0 Å². The first-order chi connectivity index (χ1) is 16.1. The van der Waals surface area contributed by atoms with E-state index < -0.39 is 0 Å². The van der Waals surface area contributed by atoms with E-state index in [-0.39, 0.29) is 6.03 Å². The first kappa shape index (κ1) is 22.0. The van der Waals surface area contributed by atoms with Crippen LogP contribution < -0.4 is 24.8 Å². The van der Waals surface area contributed by atoms with Gasteiger partial charge in [0, 0.05) is 35.4 Å². The van der Waals surface area contributed by atoms with Gasteiger partial charge >= 0.3 is 6.03 Å². The van der Waals surface area contributed by atoms with Crippen molar-refractivity contribution in [1.29, 1.82) is 0 Å². The van der Waals surface area contributed by atoms with Crippen LogP contribution in [0.1, 0.15) is 5.56 Å². The third-order valence-electron chi connectivity index (χ3n) is 5.24. The highest BCUT2D eigenvalue weighted by atomic mass is 16.5. The van der Waals surface area contributed by atoms with E-state index in [4.69, 9.17) is 14.2 Å². The number of amides is 2. The first-order valence-electron chi connectivity index (χ1n) is 10.4. The summed E-state index contributed by atoms with van der Waals surface area (Å²) in [5.41, 5.74) is 4.31. The zero-order valence-electron chi connectivity index (χ0n) is 18.7. The maximum absolute atomic E-state index is 12.3. The highest BCUT2D eigenvalue weighted by molar-refractivity contribution is 5.93. The molecule has 2 N–H and O–H groups in total. The van der Waals surface area contributed by atoms with Gasteiger partial charge in [0.2, 0.25) is 0 Å². The Morgan fingerprint density at radius 3 is 2.15 bits per heavy atom. The number of benzene rings is 3. The number of urea groups is 1. The van der Waals surface area contributed by atoms with Crippen LogP contribution >= 0.6 is 0 Å². The Labute approximate surface area is 192 Å². The smallest absolute Gasteiger partial charge is 0.319 e. The van der Waals surface area contributed by atoms with Gasteiger partial charge < -0.3 is 24.8 Å². The molecule has 0 saturated heterocycles. The summed E-state index contributed by atoms with van der Waals surface area (Å²) in [6.45, 7) is 0.412. The standard InChI is InChI=1S/C26H25N3O4/c1-31-22-8-4-17(5-9-22)15-28-26(30)29-21-7-6-18-10-20(16-27-25(18)13-21)19-11-23(32-2)14-24(12-19)33-3/h4-14,16H,15H2,1-3H3,(H2,28,29,30). The van der Waals surface area contributed by atoms with E-state index in [0.29, 0.717) is 23.7 Å². The average Bonchev–Trinajstić information content (AvgIpc) is 2.87. The minimum Gasteiger partial charge on any atom is -0.497 e. The lowest BCUT2D eigenvalue weighted by atomic mass is 10.0. The summed E-state index contributed by atoms with van der Waals surface area (Å²) in [5, 5.41) is 6.66. The van der Waals surface area contributed by atoms with E-state index in [1.165, 1.54) is 0 Å². The van der Waals surface area contributed by atoms with Gasteiger partial charge in [-0.05, 0) is 53.6 Å². The van der Waals surface area contributed by atoms with Gasteiger partial charge in [0.15, 0.2) is 0 Å². The zero-order valence-corrected chi connectivity index (χ0v) is 18.7. The molecule has 0 bridgehead atoms. The fourth-order valence-electron chi connectivity index (χ4n) is 3.43. The summed E-state index contributed by atoms with van der Waals surface area (Å²) in [6.07, 6.45) is 1.80. The summed E-state index contributed by atoms with van der Waals surface area (Å²) in [7, 11) is 4.87. The van der Waals surface area contributed by atoms with E-state index in [1.54, 1.807) is 27.5 Å². The molecule has 0 aliphatic rings. The van der Waals surface area contributed by atoms with E-state index in [0.717, 1.165) is 33.3 Å². The molecule has 0 radical (unpaired) electrons. The van der Waals surface area contributed by atoms with Crippen LogP contribution in [0.25, 0.3) is 22.0 Å². The van der Waals surface area contributed by atoms with Crippen LogP contribution in [0, 0.1) is 0 Å². The quantitative estimate of drug-likeness (QED) is 0.408. The number of aromatic nitrogens is 1. The minimum absolute atomic E-state index is 0.287. The molecule has 0 spiro atoms. The van der Waals surface area contributed by atoms with Gasteiger partial charge in [0.05, 0.1) is 26.8 Å². The molecule has 33 heavy (non-hydrogen) atoms. The molecule has 168 valence electrons. The van der Waals surface area contributed by atoms with Crippen molar-refractivity contribution in [3.8, 4) is 28.4 Å². The maximum atomic E-state index is 12.3. The molecule has 1 aromatic heterocycles. The number of hydrogen-bond acceptors (Lipinski definition) is 5. The summed E-state index contributed by atoms with van der Waals surface area (Å²) in [6, 6.07) is 20.6. The Bertz CT molecular complexity index is 1250. The summed E-state index contributed by atoms with van der Waals surface area (Å²) < 4.78 is 15.9. The van der Waals surface area contributed by atoms with Gasteiger partial charge in [-0.25, -0.2) is 4.79 Å². The van der Waals surface area contributed by atoms with Crippen LogP contribution in [0.4, 0.5) is 10.5 Å². The number of hydrogen-bond donors (Lipinski definition) is 2. The van der Waals surface area contributed by atoms with Crippen molar-refractivity contribution in [2.75, 3.05) is 26.6 Å². The molecule has 2 amide bonds. The van der Waals surface area contributed by atoms with Crippen molar-refractivity contribution in [3.05, 3.63) is 78.5 Å². The van der Waals surface area contributed by atoms with Crippen LogP contribution in [0.3, 0.4) is 0 Å². The van der Waals surface area contributed by atoms with Gasteiger partial charge in [-0.15, -0.1) is 0 Å². The Morgan fingerprint density at radius 2 is 1.48 bits per heavy atom. The normalized spacial score (nSPS) is 10.5. The molecule has 0 saturated carbocycles. The van der Waals surface area contributed by atoms with Crippen molar-refractivity contribution in [2.24, 2.45) is 0 Å². The van der Waals surface area contributed by atoms with Crippen molar-refractivity contribution in [3.63, 3.8) is 0 Å². The molecule has 3 aromatic carbocycles. The topological polar surface area (TPSA) is 81.7 Å². The second-order valence-corrected chi connectivity index (χ2v) is 7.39. The lowest BCUT2D eigenvalue weighted by Crippen LogP contribution is -2.28. The molecule has 0 unspecified atom stereocenters. The molecular formula is C26H25N3O4. The summed E-state index contributed by atoms with van der Waals surface area (Å²) in [4.78, 5) is 16.9. The number of carbonyl (C=O) groups is 1. The van der Waals surface area contributed by atoms with Crippen molar-refractivity contribution in [1.82, 2.24) is 10.3 Å². The predicted octanol–water partition coefficient (Wildman–Crippen LogP) is 5.25. The number of rotatable bonds is 7. The van der Waals surface area contributed by atoms with E-state index in [9.17, 15) is 4.79 Å². The number of pyridine rings is 1. The van der Waals surface area contributed by atoms with E-state index in [2.05, 4.69) is 15.6 Å². The van der Waals surface area contributed by atoms with E-state index >= 15 is 0 Å².